The highest BCUT2D eigenvalue weighted by atomic mass is 35.5. The summed E-state index contributed by atoms with van der Waals surface area (Å²) in [4.78, 5) is 28.0. The van der Waals surface area contributed by atoms with Crippen molar-refractivity contribution in [1.82, 2.24) is 4.90 Å². The van der Waals surface area contributed by atoms with E-state index >= 15 is 0 Å². The number of carbonyl (C=O) groups is 2. The zero-order valence-electron chi connectivity index (χ0n) is 18.3. The van der Waals surface area contributed by atoms with Crippen LogP contribution in [0.3, 0.4) is 0 Å². The number of fused-ring (bicyclic) bond motifs is 1. The first-order chi connectivity index (χ1) is 15.9. The Kier molecular flexibility index (Phi) is 6.31. The van der Waals surface area contributed by atoms with E-state index in [-0.39, 0.29) is 24.5 Å². The normalized spacial score (nSPS) is 16.1. The lowest BCUT2D eigenvalue weighted by Gasteiger charge is -2.27. The van der Waals surface area contributed by atoms with Crippen molar-refractivity contribution >= 4 is 34.3 Å². The van der Waals surface area contributed by atoms with Crippen molar-refractivity contribution in [2.45, 2.75) is 6.04 Å². The average molecular weight is 472 g/mol. The zero-order chi connectivity index (χ0) is 23.7. The van der Waals surface area contributed by atoms with Gasteiger partial charge in [-0.25, -0.2) is 0 Å². The van der Waals surface area contributed by atoms with Gasteiger partial charge < -0.3 is 28.6 Å². The van der Waals surface area contributed by atoms with E-state index < -0.39 is 23.5 Å². The second-order valence-electron chi connectivity index (χ2n) is 7.36. The van der Waals surface area contributed by atoms with Crippen LogP contribution in [0.4, 0.5) is 0 Å². The molecule has 0 aliphatic carbocycles. The number of hydrogen-bond donors (Lipinski definition) is 1. The van der Waals surface area contributed by atoms with Crippen LogP contribution in [0.2, 0.25) is 5.02 Å². The number of ketones is 1. The van der Waals surface area contributed by atoms with Crippen LogP contribution < -0.4 is 9.47 Å². The molecule has 0 saturated carbocycles. The predicted octanol–water partition coefficient (Wildman–Crippen LogP) is 4.33. The maximum Gasteiger partial charge on any atom is 0.290 e. The Balaban J connectivity index is 1.85. The van der Waals surface area contributed by atoms with E-state index in [1.807, 2.05) is 0 Å². The maximum absolute atomic E-state index is 13.6. The molecule has 0 bridgehead atoms. The van der Waals surface area contributed by atoms with Crippen LogP contribution in [0.1, 0.15) is 22.2 Å². The first kappa shape index (κ1) is 22.7. The monoisotopic (exact) mass is 471 g/mol. The summed E-state index contributed by atoms with van der Waals surface area (Å²) in [6, 6.07) is 10.8. The summed E-state index contributed by atoms with van der Waals surface area (Å²) in [5, 5.41) is 11.7. The van der Waals surface area contributed by atoms with Gasteiger partial charge in [0.2, 0.25) is 5.78 Å². The van der Waals surface area contributed by atoms with Gasteiger partial charge in [0, 0.05) is 35.7 Å². The molecule has 1 amide bonds. The van der Waals surface area contributed by atoms with Crippen molar-refractivity contribution in [3.05, 3.63) is 70.1 Å². The van der Waals surface area contributed by atoms with Crippen LogP contribution in [0, 0.1) is 0 Å². The van der Waals surface area contributed by atoms with Crippen LogP contribution in [0.15, 0.2) is 58.2 Å². The Morgan fingerprint density at radius 3 is 2.55 bits per heavy atom. The first-order valence-electron chi connectivity index (χ1n) is 10.1. The van der Waals surface area contributed by atoms with Crippen LogP contribution in [-0.2, 0) is 9.53 Å². The van der Waals surface area contributed by atoms with E-state index in [9.17, 15) is 14.7 Å². The molecule has 33 heavy (non-hydrogen) atoms. The summed E-state index contributed by atoms with van der Waals surface area (Å²) >= 11 is 6.13. The largest absolute Gasteiger partial charge is 0.503 e. The van der Waals surface area contributed by atoms with Crippen molar-refractivity contribution in [3.8, 4) is 11.5 Å². The molecule has 8 nitrogen and oxygen atoms in total. The van der Waals surface area contributed by atoms with Crippen molar-refractivity contribution in [3.63, 3.8) is 0 Å². The zero-order valence-corrected chi connectivity index (χ0v) is 19.0. The molecule has 1 N–H and O–H groups in total. The number of halogens is 1. The van der Waals surface area contributed by atoms with Gasteiger partial charge in [-0.15, -0.1) is 0 Å². The van der Waals surface area contributed by atoms with Crippen molar-refractivity contribution in [2.75, 3.05) is 34.5 Å². The number of methoxy groups -OCH3 is 3. The minimum absolute atomic E-state index is 0.0617. The Morgan fingerprint density at radius 2 is 1.85 bits per heavy atom. The van der Waals surface area contributed by atoms with Gasteiger partial charge in [-0.1, -0.05) is 29.8 Å². The van der Waals surface area contributed by atoms with E-state index in [0.717, 1.165) is 0 Å². The number of aliphatic hydroxyl groups is 1. The summed E-state index contributed by atoms with van der Waals surface area (Å²) in [5.74, 6) is -1.18. The van der Waals surface area contributed by atoms with Gasteiger partial charge >= 0.3 is 0 Å². The number of carbonyl (C=O) groups excluding carboxylic acids is 2. The van der Waals surface area contributed by atoms with Gasteiger partial charge in [0.25, 0.3) is 5.91 Å². The van der Waals surface area contributed by atoms with E-state index in [0.29, 0.717) is 33.1 Å². The summed E-state index contributed by atoms with van der Waals surface area (Å²) in [6.07, 6.45) is 0. The standard InChI is InChI=1S/C24H22ClNO7/c1-30-9-8-26-20(15-6-4-5-7-16(15)31-2)19(22(28)24(26)29)21(27)17-11-13-10-14(25)12-18(32-3)23(13)33-17/h4-7,10-12,20,28H,8-9H2,1-3H3. The van der Waals surface area contributed by atoms with Crippen LogP contribution >= 0.6 is 11.6 Å². The van der Waals surface area contributed by atoms with Gasteiger partial charge in [0.15, 0.2) is 22.9 Å². The molecular weight excluding hydrogens is 450 g/mol. The fourth-order valence-corrected chi connectivity index (χ4v) is 4.22. The number of aliphatic hydroxyl groups excluding tert-OH is 1. The topological polar surface area (TPSA) is 98.4 Å². The number of hydrogen-bond acceptors (Lipinski definition) is 7. The van der Waals surface area contributed by atoms with E-state index in [4.69, 9.17) is 30.2 Å². The molecule has 1 atom stereocenters. The molecule has 172 valence electrons. The number of para-hydroxylation sites is 1. The molecule has 0 radical (unpaired) electrons. The summed E-state index contributed by atoms with van der Waals surface area (Å²) < 4.78 is 21.7. The number of furan rings is 1. The van der Waals surface area contributed by atoms with E-state index in [1.54, 1.807) is 36.4 Å². The minimum Gasteiger partial charge on any atom is -0.503 e. The van der Waals surface area contributed by atoms with Crippen LogP contribution in [0.5, 0.6) is 11.5 Å². The maximum atomic E-state index is 13.6. The Morgan fingerprint density at radius 1 is 1.12 bits per heavy atom. The Hall–Kier alpha value is -3.49. The highest BCUT2D eigenvalue weighted by Crippen LogP contribution is 2.43. The molecule has 1 aromatic heterocycles. The molecule has 1 aliphatic heterocycles. The number of ether oxygens (including phenoxy) is 3. The lowest BCUT2D eigenvalue weighted by Crippen LogP contribution is -2.34. The van der Waals surface area contributed by atoms with E-state index in [1.165, 1.54) is 32.3 Å². The molecule has 1 aliphatic rings. The molecule has 9 heteroatoms. The molecule has 1 unspecified atom stereocenters. The van der Waals surface area contributed by atoms with Gasteiger partial charge in [0.05, 0.1) is 32.4 Å². The molecule has 3 aromatic rings. The fourth-order valence-electron chi connectivity index (χ4n) is 4.00. The lowest BCUT2D eigenvalue weighted by atomic mass is 9.94. The summed E-state index contributed by atoms with van der Waals surface area (Å²) in [7, 11) is 4.46. The van der Waals surface area contributed by atoms with E-state index in [2.05, 4.69) is 0 Å². The smallest absolute Gasteiger partial charge is 0.290 e. The molecule has 2 heterocycles. The first-order valence-corrected chi connectivity index (χ1v) is 10.5. The number of benzene rings is 2. The van der Waals surface area contributed by atoms with Crippen molar-refractivity contribution in [1.29, 1.82) is 0 Å². The quantitative estimate of drug-likeness (QED) is 0.488. The summed E-state index contributed by atoms with van der Waals surface area (Å²) in [6.45, 7) is 0.370. The fraction of sp³-hybridized carbons (Fsp3) is 0.250. The Labute approximate surface area is 194 Å². The third kappa shape index (κ3) is 3.92. The number of Topliss-reactive ketones (excluding diaryl/α,β-unsaturated/α-hetero) is 1. The third-order valence-electron chi connectivity index (χ3n) is 5.51. The predicted molar refractivity (Wildman–Crippen MR) is 121 cm³/mol. The lowest BCUT2D eigenvalue weighted by molar-refractivity contribution is -0.130. The minimum atomic E-state index is -0.894. The number of rotatable bonds is 8. The van der Waals surface area contributed by atoms with Crippen LogP contribution in [0.25, 0.3) is 11.0 Å². The highest BCUT2D eigenvalue weighted by molar-refractivity contribution is 6.31. The second kappa shape index (κ2) is 9.17. The number of nitrogens with zero attached hydrogens (tertiary/aromatic N) is 1. The second-order valence-corrected chi connectivity index (χ2v) is 7.80. The SMILES string of the molecule is COCCN1C(=O)C(O)=C(C(=O)c2cc3cc(Cl)cc(OC)c3o2)C1c1ccccc1OC. The Bertz CT molecular complexity index is 1260. The molecule has 2 aromatic carbocycles. The van der Waals surface area contributed by atoms with Crippen LogP contribution in [-0.4, -0.2) is 56.2 Å². The molecular formula is C24H22ClNO7. The van der Waals surface area contributed by atoms with Gasteiger partial charge in [-0.3, -0.25) is 9.59 Å². The van der Waals surface area contributed by atoms with Crippen molar-refractivity contribution < 1.29 is 33.3 Å². The average Bonchev–Trinajstić information content (AvgIpc) is 3.35. The van der Waals surface area contributed by atoms with Gasteiger partial charge in [-0.05, 0) is 18.2 Å². The molecule has 4 rings (SSSR count). The molecule has 0 spiro atoms. The third-order valence-corrected chi connectivity index (χ3v) is 5.73. The van der Waals surface area contributed by atoms with Gasteiger partial charge in [-0.2, -0.15) is 0 Å². The summed E-state index contributed by atoms with van der Waals surface area (Å²) in [5.41, 5.74) is 0.776. The number of amides is 1. The van der Waals surface area contributed by atoms with Gasteiger partial charge in [0.1, 0.15) is 5.75 Å². The molecule has 0 fully saturated rings. The van der Waals surface area contributed by atoms with Crippen molar-refractivity contribution in [2.24, 2.45) is 0 Å². The molecule has 0 saturated heterocycles. The highest BCUT2D eigenvalue weighted by Gasteiger charge is 2.45.